The van der Waals surface area contributed by atoms with Crippen LogP contribution < -0.4 is 10.6 Å². The number of benzene rings is 2. The Hall–Kier alpha value is -3.21. The molecule has 2 aromatic rings. The highest BCUT2D eigenvalue weighted by Crippen LogP contribution is 2.41. The van der Waals surface area contributed by atoms with Crippen LogP contribution in [0.1, 0.15) is 44.7 Å². The van der Waals surface area contributed by atoms with Gasteiger partial charge in [-0.3, -0.25) is 4.79 Å². The summed E-state index contributed by atoms with van der Waals surface area (Å²) in [7, 11) is 0. The highest BCUT2D eigenvalue weighted by molar-refractivity contribution is 8.03. The van der Waals surface area contributed by atoms with Crippen LogP contribution in [0.15, 0.2) is 70.4 Å². The van der Waals surface area contributed by atoms with Crippen molar-refractivity contribution in [3.05, 3.63) is 86.6 Å². The number of nitriles is 1. The number of dihydropyridines is 1. The fourth-order valence-electron chi connectivity index (χ4n) is 3.59. The summed E-state index contributed by atoms with van der Waals surface area (Å²) >= 11 is 7.30. The Morgan fingerprint density at radius 3 is 2.31 bits per heavy atom. The van der Waals surface area contributed by atoms with Crippen molar-refractivity contribution >= 4 is 40.9 Å². The molecule has 1 aliphatic heterocycles. The molecule has 1 unspecified atom stereocenters. The van der Waals surface area contributed by atoms with E-state index in [1.807, 2.05) is 31.2 Å². The van der Waals surface area contributed by atoms with Crippen molar-refractivity contribution in [1.82, 2.24) is 5.32 Å². The van der Waals surface area contributed by atoms with E-state index >= 15 is 0 Å². The normalized spacial score (nSPS) is 15.9. The van der Waals surface area contributed by atoms with Crippen molar-refractivity contribution in [1.29, 1.82) is 5.26 Å². The maximum absolute atomic E-state index is 13.2. The van der Waals surface area contributed by atoms with Gasteiger partial charge in [-0.25, -0.2) is 4.79 Å². The van der Waals surface area contributed by atoms with Crippen molar-refractivity contribution in [2.24, 2.45) is 0 Å². The van der Waals surface area contributed by atoms with Gasteiger partial charge < -0.3 is 15.4 Å². The maximum atomic E-state index is 13.2. The second kappa shape index (κ2) is 11.0. The van der Waals surface area contributed by atoms with Crippen LogP contribution in [0.5, 0.6) is 0 Å². The summed E-state index contributed by atoms with van der Waals surface area (Å²) < 4.78 is 5.66. The molecule has 1 heterocycles. The minimum Gasteiger partial charge on any atom is -0.457 e. The van der Waals surface area contributed by atoms with Gasteiger partial charge in [0.2, 0.25) is 5.91 Å². The summed E-state index contributed by atoms with van der Waals surface area (Å²) in [5.74, 6) is -1.27. The number of carbonyl (C=O) groups excluding carboxylic acids is 2. The number of rotatable bonds is 6. The first-order valence-electron chi connectivity index (χ1n) is 11.1. The van der Waals surface area contributed by atoms with Crippen LogP contribution in [-0.2, 0) is 14.3 Å². The fourth-order valence-corrected chi connectivity index (χ4v) is 4.61. The number of carbonyl (C=O) groups is 2. The summed E-state index contributed by atoms with van der Waals surface area (Å²) in [6.07, 6.45) is 0. The lowest BCUT2D eigenvalue weighted by Crippen LogP contribution is -2.32. The number of amides is 1. The molecule has 0 aliphatic carbocycles. The lowest BCUT2D eigenvalue weighted by molar-refractivity contribution is -0.150. The smallest absolute Gasteiger partial charge is 0.337 e. The Kier molecular flexibility index (Phi) is 8.31. The first-order chi connectivity index (χ1) is 16.5. The quantitative estimate of drug-likeness (QED) is 0.460. The van der Waals surface area contributed by atoms with E-state index in [0.29, 0.717) is 32.6 Å². The Morgan fingerprint density at radius 1 is 1.11 bits per heavy atom. The average molecular weight is 510 g/mol. The van der Waals surface area contributed by atoms with E-state index in [4.69, 9.17) is 16.3 Å². The van der Waals surface area contributed by atoms with Crippen molar-refractivity contribution in [3.8, 4) is 6.07 Å². The van der Waals surface area contributed by atoms with E-state index in [-0.39, 0.29) is 11.7 Å². The zero-order valence-corrected chi connectivity index (χ0v) is 21.9. The number of nitrogens with one attached hydrogen (secondary N) is 2. The van der Waals surface area contributed by atoms with E-state index < -0.39 is 17.5 Å². The molecule has 35 heavy (non-hydrogen) atoms. The van der Waals surface area contributed by atoms with Gasteiger partial charge in [0.05, 0.1) is 33.9 Å². The van der Waals surface area contributed by atoms with Crippen LogP contribution >= 0.6 is 23.4 Å². The SMILES string of the molecule is CC1=C(C(=O)OC(C)(C)C)C(c2ccc(Cl)cc2)C(C#N)=C(SCC(=O)Nc2ccc(C)cc2)N1. The molecule has 0 spiro atoms. The highest BCUT2D eigenvalue weighted by atomic mass is 35.5. The van der Waals surface area contributed by atoms with Gasteiger partial charge in [-0.05, 0) is 64.4 Å². The number of hydrogen-bond donors (Lipinski definition) is 2. The Balaban J connectivity index is 1.91. The predicted molar refractivity (Wildman–Crippen MR) is 141 cm³/mol. The molecule has 3 rings (SSSR count). The van der Waals surface area contributed by atoms with Gasteiger partial charge >= 0.3 is 5.97 Å². The van der Waals surface area contributed by atoms with Crippen molar-refractivity contribution < 1.29 is 14.3 Å². The third-order valence-corrected chi connectivity index (χ3v) is 6.42. The summed E-state index contributed by atoms with van der Waals surface area (Å²) in [6.45, 7) is 9.13. The minimum absolute atomic E-state index is 0.0871. The van der Waals surface area contributed by atoms with Gasteiger partial charge in [-0.15, -0.1) is 0 Å². The maximum Gasteiger partial charge on any atom is 0.337 e. The number of thioether (sulfide) groups is 1. The summed E-state index contributed by atoms with van der Waals surface area (Å²) in [6, 6.07) is 16.8. The van der Waals surface area contributed by atoms with E-state index in [1.165, 1.54) is 11.8 Å². The van der Waals surface area contributed by atoms with Crippen molar-refractivity contribution in [2.45, 2.75) is 46.1 Å². The fraction of sp³-hybridized carbons (Fsp3) is 0.296. The molecular formula is C27H28ClN3O3S. The van der Waals surface area contributed by atoms with Crippen LogP contribution in [0.2, 0.25) is 5.02 Å². The van der Waals surface area contributed by atoms with Crippen LogP contribution in [0, 0.1) is 18.3 Å². The average Bonchev–Trinajstić information content (AvgIpc) is 2.78. The third-order valence-electron chi connectivity index (χ3n) is 5.15. The molecule has 8 heteroatoms. The molecule has 182 valence electrons. The Bertz CT molecular complexity index is 1220. The first kappa shape index (κ1) is 26.4. The summed E-state index contributed by atoms with van der Waals surface area (Å²) in [5, 5.41) is 17.2. The number of aryl methyl sites for hydroxylation is 1. The molecule has 6 nitrogen and oxygen atoms in total. The standard InChI is InChI=1S/C27H28ClN3O3S/c1-16-6-12-20(13-7-16)31-22(32)15-35-25-21(14-29)24(18-8-10-19(28)11-9-18)23(17(2)30-25)26(33)34-27(3,4)5/h6-13,24,30H,15H2,1-5H3,(H,31,32). The molecule has 0 aromatic heterocycles. The zero-order chi connectivity index (χ0) is 25.8. The molecule has 0 saturated heterocycles. The molecule has 1 amide bonds. The highest BCUT2D eigenvalue weighted by Gasteiger charge is 2.37. The van der Waals surface area contributed by atoms with Gasteiger partial charge in [-0.1, -0.05) is 53.2 Å². The summed E-state index contributed by atoms with van der Waals surface area (Å²) in [5.41, 5.74) is 3.10. The van der Waals surface area contributed by atoms with Crippen molar-refractivity contribution in [3.63, 3.8) is 0 Å². The number of allylic oxidation sites excluding steroid dienone is 2. The topological polar surface area (TPSA) is 91.2 Å². The Morgan fingerprint density at radius 2 is 1.74 bits per heavy atom. The number of anilines is 1. The van der Waals surface area contributed by atoms with E-state index in [0.717, 1.165) is 11.1 Å². The second-order valence-corrected chi connectivity index (χ2v) is 10.6. The van der Waals surface area contributed by atoms with Gasteiger partial charge in [0.1, 0.15) is 5.60 Å². The van der Waals surface area contributed by atoms with Crippen molar-refractivity contribution in [2.75, 3.05) is 11.1 Å². The largest absolute Gasteiger partial charge is 0.457 e. The monoisotopic (exact) mass is 509 g/mol. The third kappa shape index (κ3) is 6.91. The van der Waals surface area contributed by atoms with E-state index in [9.17, 15) is 14.9 Å². The Labute approximate surface area is 215 Å². The molecule has 2 N–H and O–H groups in total. The number of halogens is 1. The molecule has 0 fully saturated rings. The lowest BCUT2D eigenvalue weighted by Gasteiger charge is -2.31. The molecule has 0 radical (unpaired) electrons. The predicted octanol–water partition coefficient (Wildman–Crippen LogP) is 6.06. The number of esters is 1. The van der Waals surface area contributed by atoms with Crippen LogP contribution in [-0.4, -0.2) is 23.2 Å². The van der Waals surface area contributed by atoms with Crippen LogP contribution in [0.4, 0.5) is 5.69 Å². The molecular weight excluding hydrogens is 482 g/mol. The molecule has 1 aliphatic rings. The number of ether oxygens (including phenoxy) is 1. The van der Waals surface area contributed by atoms with Gasteiger partial charge in [0, 0.05) is 16.4 Å². The molecule has 0 saturated carbocycles. The molecule has 1 atom stereocenters. The summed E-state index contributed by atoms with van der Waals surface area (Å²) in [4.78, 5) is 25.8. The van der Waals surface area contributed by atoms with Gasteiger partial charge in [0.15, 0.2) is 0 Å². The molecule has 0 bridgehead atoms. The second-order valence-electron chi connectivity index (χ2n) is 9.21. The first-order valence-corrected chi connectivity index (χ1v) is 12.4. The van der Waals surface area contributed by atoms with Crippen LogP contribution in [0.25, 0.3) is 0 Å². The number of hydrogen-bond acceptors (Lipinski definition) is 6. The van der Waals surface area contributed by atoms with Crippen LogP contribution in [0.3, 0.4) is 0 Å². The minimum atomic E-state index is -0.700. The zero-order valence-electron chi connectivity index (χ0n) is 20.4. The van der Waals surface area contributed by atoms with E-state index in [1.54, 1.807) is 52.0 Å². The lowest BCUT2D eigenvalue weighted by atomic mass is 9.82. The van der Waals surface area contributed by atoms with E-state index in [2.05, 4.69) is 16.7 Å². The van der Waals surface area contributed by atoms with Gasteiger partial charge in [0.25, 0.3) is 0 Å². The number of nitrogens with zero attached hydrogens (tertiary/aromatic N) is 1. The molecule has 2 aromatic carbocycles. The van der Waals surface area contributed by atoms with Gasteiger partial charge in [-0.2, -0.15) is 5.26 Å².